The minimum Gasteiger partial charge on any atom is -0.307 e. The quantitative estimate of drug-likeness (QED) is 0.117. The molecule has 0 bridgehead atoms. The van der Waals surface area contributed by atoms with Crippen molar-refractivity contribution in [3.63, 3.8) is 0 Å². The van der Waals surface area contributed by atoms with Crippen molar-refractivity contribution < 1.29 is 35.2 Å². The highest BCUT2D eigenvalue weighted by Gasteiger charge is 2.58. The lowest BCUT2D eigenvalue weighted by Gasteiger charge is -2.40. The Morgan fingerprint density at radius 3 is 1.89 bits per heavy atom. The van der Waals surface area contributed by atoms with Crippen LogP contribution in [0.3, 0.4) is 0 Å². The number of unbranched alkanes of at least 4 members (excludes halogenated alkanes) is 4. The second-order valence-electron chi connectivity index (χ2n) is 10.6. The fourth-order valence-corrected chi connectivity index (χ4v) is 10.8. The van der Waals surface area contributed by atoms with Crippen LogP contribution in [0.4, 0.5) is 0 Å². The van der Waals surface area contributed by atoms with Gasteiger partial charge in [-0.2, -0.15) is 4.72 Å². The number of Topliss-reactive ketones (excluding diaryl/α,β-unsaturated/α-hetero) is 1. The Morgan fingerprint density at radius 1 is 0.756 bits per heavy atom. The van der Waals surface area contributed by atoms with Crippen LogP contribution in [0, 0.1) is 0 Å². The summed E-state index contributed by atoms with van der Waals surface area (Å²) in [5.74, 6) is -0.864. The van der Waals surface area contributed by atoms with E-state index in [1.165, 1.54) is 66.7 Å². The zero-order valence-electron chi connectivity index (χ0n) is 25.1. The van der Waals surface area contributed by atoms with Gasteiger partial charge in [-0.1, -0.05) is 97.9 Å². The van der Waals surface area contributed by atoms with Gasteiger partial charge in [0, 0.05) is 15.6 Å². The number of ketones is 1. The summed E-state index contributed by atoms with van der Waals surface area (Å²) in [5, 5.41) is -2.42. The van der Waals surface area contributed by atoms with Gasteiger partial charge in [-0.05, 0) is 55.3 Å². The van der Waals surface area contributed by atoms with Crippen LogP contribution in [0.2, 0.25) is 0 Å². The summed E-state index contributed by atoms with van der Waals surface area (Å²) in [7, 11) is -13.7. The Balaban J connectivity index is 2.05. The average Bonchev–Trinajstić information content (AvgIpc) is 3.03. The number of allylic oxidation sites excluding steroid dienone is 1. The summed E-state index contributed by atoms with van der Waals surface area (Å²) in [4.78, 5) is 12.8. The number of nitrogens with one attached hydrogen (secondary N) is 1. The SMILES string of the molecule is CCCCCOP(=O)(OCCCCC)C1(NS(=O)(=O)c2ccc(Br)cc2)C=C(S(=O)(=O)c2ccccc2)C(=O)c2ccccc21. The molecule has 13 heteroatoms. The molecule has 0 fully saturated rings. The number of sulfone groups is 1. The van der Waals surface area contributed by atoms with Crippen LogP contribution < -0.4 is 4.72 Å². The largest absolute Gasteiger partial charge is 0.360 e. The molecule has 0 aromatic heterocycles. The lowest BCUT2D eigenvalue weighted by atomic mass is 9.92. The Hall–Kier alpha value is -2.44. The van der Waals surface area contributed by atoms with Gasteiger partial charge in [0.25, 0.3) is 0 Å². The van der Waals surface area contributed by atoms with Gasteiger partial charge in [0.1, 0.15) is 4.91 Å². The molecule has 1 aliphatic rings. The van der Waals surface area contributed by atoms with Crippen LogP contribution in [-0.4, -0.2) is 35.8 Å². The predicted octanol–water partition coefficient (Wildman–Crippen LogP) is 7.74. The van der Waals surface area contributed by atoms with Gasteiger partial charge in [-0.3, -0.25) is 9.36 Å². The van der Waals surface area contributed by atoms with Gasteiger partial charge in [0.05, 0.1) is 23.0 Å². The molecule has 0 heterocycles. The summed E-state index contributed by atoms with van der Waals surface area (Å²) in [6.45, 7) is 3.87. The molecule has 242 valence electrons. The van der Waals surface area contributed by atoms with Crippen molar-refractivity contribution in [3.05, 3.63) is 105 Å². The molecule has 4 rings (SSSR count). The topological polar surface area (TPSA) is 133 Å². The monoisotopic (exact) mass is 737 g/mol. The second kappa shape index (κ2) is 15.0. The Labute approximate surface area is 274 Å². The fraction of sp³-hybridized carbons (Fsp3) is 0.344. The zero-order chi connectivity index (χ0) is 32.7. The Morgan fingerprint density at radius 2 is 1.31 bits per heavy atom. The third kappa shape index (κ3) is 7.59. The smallest absolute Gasteiger partial charge is 0.307 e. The normalized spacial score (nSPS) is 17.1. The molecule has 0 saturated heterocycles. The van der Waals surface area contributed by atoms with E-state index in [0.717, 1.165) is 31.8 Å². The van der Waals surface area contributed by atoms with Gasteiger partial charge in [0.2, 0.25) is 25.6 Å². The standard InChI is InChI=1S/C32H37BrNO8PS2/c1-3-5-12-22-41-43(36,42-23-13-6-4-2)32(34-45(39,40)27-20-18-25(33)19-21-27)24-30(31(35)28-16-10-11-17-29(28)32)44(37,38)26-14-8-7-9-15-26/h7-11,14-21,24,34H,3-6,12-13,22-23H2,1-2H3. The lowest BCUT2D eigenvalue weighted by Crippen LogP contribution is -2.48. The van der Waals surface area contributed by atoms with E-state index < -0.39 is 43.4 Å². The van der Waals surface area contributed by atoms with Crippen molar-refractivity contribution >= 4 is 49.2 Å². The molecule has 1 atom stereocenters. The molecule has 1 N–H and O–H groups in total. The van der Waals surface area contributed by atoms with E-state index in [2.05, 4.69) is 20.7 Å². The van der Waals surface area contributed by atoms with Crippen LogP contribution in [-0.2, 0) is 38.8 Å². The number of sulfonamides is 1. The molecule has 0 spiro atoms. The van der Waals surface area contributed by atoms with Crippen LogP contribution >= 0.6 is 23.5 Å². The van der Waals surface area contributed by atoms with Gasteiger partial charge in [0.15, 0.2) is 5.28 Å². The predicted molar refractivity (Wildman–Crippen MR) is 177 cm³/mol. The third-order valence-electron chi connectivity index (χ3n) is 7.35. The molecule has 3 aromatic carbocycles. The van der Waals surface area contributed by atoms with Crippen molar-refractivity contribution in [2.24, 2.45) is 0 Å². The summed E-state index contributed by atoms with van der Waals surface area (Å²) >= 11 is 3.30. The molecule has 0 amide bonds. The van der Waals surface area contributed by atoms with E-state index in [1.54, 1.807) is 12.1 Å². The first-order valence-electron chi connectivity index (χ1n) is 14.8. The second-order valence-corrected chi connectivity index (χ2v) is 17.3. The van der Waals surface area contributed by atoms with Crippen molar-refractivity contribution in [1.29, 1.82) is 0 Å². The number of hydrogen-bond donors (Lipinski definition) is 1. The zero-order valence-corrected chi connectivity index (χ0v) is 29.3. The van der Waals surface area contributed by atoms with E-state index in [1.807, 2.05) is 13.8 Å². The molecule has 9 nitrogen and oxygen atoms in total. The number of fused-ring (bicyclic) bond motifs is 1. The molecule has 3 aromatic rings. The number of benzene rings is 3. The van der Waals surface area contributed by atoms with Crippen molar-refractivity contribution in [2.75, 3.05) is 13.2 Å². The molecule has 1 unspecified atom stereocenters. The van der Waals surface area contributed by atoms with Crippen molar-refractivity contribution in [3.8, 4) is 0 Å². The maximum Gasteiger partial charge on any atom is 0.360 e. The number of carbonyl (C=O) groups excluding carboxylic acids is 1. The molecule has 0 saturated carbocycles. The van der Waals surface area contributed by atoms with Crippen LogP contribution in [0.25, 0.3) is 0 Å². The summed E-state index contributed by atoms with van der Waals surface area (Å²) in [6.07, 6.45) is 5.07. The maximum absolute atomic E-state index is 15.3. The molecular formula is C32H37BrNO8PS2. The summed E-state index contributed by atoms with van der Waals surface area (Å²) in [5.41, 5.74) is -0.167. The first kappa shape index (κ1) is 35.4. The van der Waals surface area contributed by atoms with Crippen LogP contribution in [0.15, 0.2) is 104 Å². The summed E-state index contributed by atoms with van der Waals surface area (Å²) < 4.78 is 87.0. The highest BCUT2D eigenvalue weighted by molar-refractivity contribution is 9.10. The number of halogens is 1. The van der Waals surface area contributed by atoms with Crippen molar-refractivity contribution in [1.82, 2.24) is 4.72 Å². The minimum atomic E-state index is -4.68. The molecular weight excluding hydrogens is 701 g/mol. The number of rotatable bonds is 16. The first-order chi connectivity index (χ1) is 21.4. The maximum atomic E-state index is 15.3. The van der Waals surface area contributed by atoms with E-state index in [-0.39, 0.29) is 34.1 Å². The van der Waals surface area contributed by atoms with E-state index in [4.69, 9.17) is 9.05 Å². The first-order valence-corrected chi connectivity index (χ1v) is 20.1. The minimum absolute atomic E-state index is 0.0305. The van der Waals surface area contributed by atoms with E-state index in [9.17, 15) is 21.6 Å². The average molecular weight is 739 g/mol. The van der Waals surface area contributed by atoms with Crippen LogP contribution in [0.5, 0.6) is 0 Å². The lowest BCUT2D eigenvalue weighted by molar-refractivity contribution is 0.103. The highest BCUT2D eigenvalue weighted by Crippen LogP contribution is 2.67. The molecule has 0 aliphatic heterocycles. The van der Waals surface area contributed by atoms with Gasteiger partial charge in [-0.15, -0.1) is 0 Å². The third-order valence-corrected chi connectivity index (χ3v) is 13.7. The summed E-state index contributed by atoms with van der Waals surface area (Å²) in [6, 6.07) is 19.0. The number of carbonyl (C=O) groups is 1. The molecule has 1 aliphatic carbocycles. The van der Waals surface area contributed by atoms with E-state index >= 15 is 4.57 Å². The highest BCUT2D eigenvalue weighted by atomic mass is 79.9. The Kier molecular flexibility index (Phi) is 11.8. The Bertz CT molecular complexity index is 1780. The fourth-order valence-electron chi connectivity index (χ4n) is 4.96. The molecule has 45 heavy (non-hydrogen) atoms. The van der Waals surface area contributed by atoms with E-state index in [0.29, 0.717) is 17.3 Å². The van der Waals surface area contributed by atoms with Crippen LogP contribution in [0.1, 0.15) is 68.3 Å². The van der Waals surface area contributed by atoms with Gasteiger partial charge >= 0.3 is 7.60 Å². The number of hydrogen-bond acceptors (Lipinski definition) is 8. The molecule has 0 radical (unpaired) electrons. The van der Waals surface area contributed by atoms with Gasteiger partial charge < -0.3 is 9.05 Å². The van der Waals surface area contributed by atoms with Crippen molar-refractivity contribution in [2.45, 2.75) is 67.4 Å². The van der Waals surface area contributed by atoms with Gasteiger partial charge in [-0.25, -0.2) is 16.8 Å².